The molecule has 0 atom stereocenters. The molecule has 11 heavy (non-hydrogen) atoms. The van der Waals surface area contributed by atoms with E-state index in [2.05, 4.69) is 10.2 Å². The summed E-state index contributed by atoms with van der Waals surface area (Å²) in [6.07, 6.45) is 4.50. The maximum Gasteiger partial charge on any atom is 0.0827 e. The molecule has 1 aromatic rings. The van der Waals surface area contributed by atoms with Gasteiger partial charge in [-0.05, 0) is 19.3 Å². The predicted molar refractivity (Wildman–Crippen MR) is 41.0 cm³/mol. The molecule has 1 N–H and O–H groups in total. The number of aryl methyl sites for hydroxylation is 2. The van der Waals surface area contributed by atoms with Crippen LogP contribution in [0.2, 0.25) is 0 Å². The Morgan fingerprint density at radius 1 is 1.55 bits per heavy atom. The molecule has 4 nitrogen and oxygen atoms in total. The first-order valence-electron chi connectivity index (χ1n) is 3.79. The summed E-state index contributed by atoms with van der Waals surface area (Å²) in [6.45, 7) is 0.264. The van der Waals surface area contributed by atoms with E-state index in [9.17, 15) is 0 Å². The lowest BCUT2D eigenvalue weighted by Crippen LogP contribution is -1.94. The number of hydrogen-bond acceptors (Lipinski definition) is 3. The van der Waals surface area contributed by atoms with Crippen molar-refractivity contribution in [1.82, 2.24) is 15.0 Å². The van der Waals surface area contributed by atoms with E-state index >= 15 is 0 Å². The molecule has 0 unspecified atom stereocenters. The molecule has 1 rings (SSSR count). The fourth-order valence-corrected chi connectivity index (χ4v) is 0.920. The van der Waals surface area contributed by atoms with Gasteiger partial charge in [0.05, 0.1) is 11.9 Å². The van der Waals surface area contributed by atoms with Crippen LogP contribution in [0.25, 0.3) is 0 Å². The van der Waals surface area contributed by atoms with Gasteiger partial charge in [0.1, 0.15) is 0 Å². The van der Waals surface area contributed by atoms with Gasteiger partial charge >= 0.3 is 0 Å². The highest BCUT2D eigenvalue weighted by Gasteiger charge is 1.96. The van der Waals surface area contributed by atoms with Crippen molar-refractivity contribution in [3.05, 3.63) is 11.9 Å². The summed E-state index contributed by atoms with van der Waals surface area (Å²) in [5.74, 6) is 0. The highest BCUT2D eigenvalue weighted by molar-refractivity contribution is 4.90. The highest BCUT2D eigenvalue weighted by Crippen LogP contribution is 1.98. The van der Waals surface area contributed by atoms with E-state index in [0.29, 0.717) is 0 Å². The zero-order valence-corrected chi connectivity index (χ0v) is 6.69. The lowest BCUT2D eigenvalue weighted by molar-refractivity contribution is 0.284. The van der Waals surface area contributed by atoms with Gasteiger partial charge in [-0.2, -0.15) is 15.0 Å². The molecule has 4 heteroatoms. The third-order valence-electron chi connectivity index (χ3n) is 1.49. The van der Waals surface area contributed by atoms with Crippen molar-refractivity contribution < 1.29 is 5.11 Å². The second-order valence-electron chi connectivity index (χ2n) is 2.51. The second kappa shape index (κ2) is 4.08. The zero-order chi connectivity index (χ0) is 8.10. The molecule has 1 aromatic heterocycles. The van der Waals surface area contributed by atoms with Gasteiger partial charge in [-0.3, -0.25) is 0 Å². The first kappa shape index (κ1) is 8.20. The Morgan fingerprint density at radius 2 is 2.36 bits per heavy atom. The minimum absolute atomic E-state index is 0.264. The largest absolute Gasteiger partial charge is 0.396 e. The van der Waals surface area contributed by atoms with E-state index in [1.165, 1.54) is 0 Å². The van der Waals surface area contributed by atoms with Crippen LogP contribution in [0.5, 0.6) is 0 Å². The van der Waals surface area contributed by atoms with Crippen LogP contribution >= 0.6 is 0 Å². The first-order valence-corrected chi connectivity index (χ1v) is 3.79. The molecule has 0 saturated carbocycles. The van der Waals surface area contributed by atoms with Crippen molar-refractivity contribution in [2.24, 2.45) is 7.05 Å². The zero-order valence-electron chi connectivity index (χ0n) is 6.69. The summed E-state index contributed by atoms with van der Waals surface area (Å²) >= 11 is 0. The molecule has 0 amide bonds. The number of rotatable bonds is 4. The van der Waals surface area contributed by atoms with Crippen LogP contribution in [0.1, 0.15) is 18.5 Å². The van der Waals surface area contributed by atoms with E-state index in [0.717, 1.165) is 25.0 Å². The Kier molecular flexibility index (Phi) is 3.04. The average Bonchev–Trinajstić information content (AvgIpc) is 2.37. The van der Waals surface area contributed by atoms with Gasteiger partial charge in [-0.15, -0.1) is 0 Å². The summed E-state index contributed by atoms with van der Waals surface area (Å²) in [7, 11) is 1.80. The maximum atomic E-state index is 8.51. The van der Waals surface area contributed by atoms with Gasteiger partial charge in [0, 0.05) is 13.7 Å². The molecule has 0 spiro atoms. The van der Waals surface area contributed by atoms with Crippen molar-refractivity contribution >= 4 is 0 Å². The van der Waals surface area contributed by atoms with Gasteiger partial charge in [0.15, 0.2) is 0 Å². The maximum absolute atomic E-state index is 8.51. The summed E-state index contributed by atoms with van der Waals surface area (Å²) < 4.78 is 0. The average molecular weight is 155 g/mol. The molecule has 0 radical (unpaired) electrons. The summed E-state index contributed by atoms with van der Waals surface area (Å²) in [4.78, 5) is 1.55. The Bertz CT molecular complexity index is 209. The van der Waals surface area contributed by atoms with Crippen LogP contribution < -0.4 is 0 Å². The normalized spacial score (nSPS) is 10.4. The highest BCUT2D eigenvalue weighted by atomic mass is 16.2. The first-order chi connectivity index (χ1) is 5.33. The predicted octanol–water partition coefficient (Wildman–Crippen LogP) is 0.130. The number of aromatic nitrogens is 3. The van der Waals surface area contributed by atoms with E-state index in [1.54, 1.807) is 18.0 Å². The van der Waals surface area contributed by atoms with Crippen molar-refractivity contribution in [3.63, 3.8) is 0 Å². The van der Waals surface area contributed by atoms with Gasteiger partial charge in [0.25, 0.3) is 0 Å². The monoisotopic (exact) mass is 155 g/mol. The number of aliphatic hydroxyl groups is 1. The molecule has 0 bridgehead atoms. The standard InChI is InChI=1S/C7H13N3O/c1-10-8-6-7(9-10)4-2-3-5-11/h6,11H,2-5H2,1H3. The molecule has 0 fully saturated rings. The third-order valence-corrected chi connectivity index (χ3v) is 1.49. The topological polar surface area (TPSA) is 50.9 Å². The van der Waals surface area contributed by atoms with Crippen molar-refractivity contribution in [3.8, 4) is 0 Å². The van der Waals surface area contributed by atoms with Crippen LogP contribution in [0.3, 0.4) is 0 Å². The third kappa shape index (κ3) is 2.67. The molecular formula is C7H13N3O. The molecule has 0 aliphatic carbocycles. The Balaban J connectivity index is 2.27. The Labute approximate surface area is 65.8 Å². The van der Waals surface area contributed by atoms with E-state index in [-0.39, 0.29) is 6.61 Å². The molecule has 1 heterocycles. The minimum Gasteiger partial charge on any atom is -0.396 e. The number of nitrogens with zero attached hydrogens (tertiary/aromatic N) is 3. The SMILES string of the molecule is Cn1ncc(CCCCO)n1. The van der Waals surface area contributed by atoms with Gasteiger partial charge in [0.2, 0.25) is 0 Å². The smallest absolute Gasteiger partial charge is 0.0827 e. The quantitative estimate of drug-likeness (QED) is 0.629. The Hall–Kier alpha value is -0.900. The minimum atomic E-state index is 0.264. The van der Waals surface area contributed by atoms with Crippen LogP contribution in [0.4, 0.5) is 0 Å². The van der Waals surface area contributed by atoms with E-state index < -0.39 is 0 Å². The van der Waals surface area contributed by atoms with Crippen LogP contribution in [-0.4, -0.2) is 26.7 Å². The lowest BCUT2D eigenvalue weighted by atomic mass is 10.2. The van der Waals surface area contributed by atoms with Crippen LogP contribution in [-0.2, 0) is 13.5 Å². The van der Waals surface area contributed by atoms with Crippen molar-refractivity contribution in [1.29, 1.82) is 0 Å². The molecule has 0 saturated heterocycles. The van der Waals surface area contributed by atoms with Gasteiger partial charge in [-0.1, -0.05) is 0 Å². The number of unbranched alkanes of at least 4 members (excludes halogenated alkanes) is 1. The van der Waals surface area contributed by atoms with Crippen LogP contribution in [0, 0.1) is 0 Å². The van der Waals surface area contributed by atoms with Crippen molar-refractivity contribution in [2.75, 3.05) is 6.61 Å². The van der Waals surface area contributed by atoms with E-state index in [4.69, 9.17) is 5.11 Å². The molecule has 0 aliphatic heterocycles. The summed E-state index contributed by atoms with van der Waals surface area (Å²) in [5, 5.41) is 16.6. The molecule has 62 valence electrons. The lowest BCUT2D eigenvalue weighted by Gasteiger charge is -1.92. The Morgan fingerprint density at radius 3 is 2.91 bits per heavy atom. The molecule has 0 aromatic carbocycles. The molecular weight excluding hydrogens is 142 g/mol. The van der Waals surface area contributed by atoms with Crippen LogP contribution in [0.15, 0.2) is 6.20 Å². The fourth-order valence-electron chi connectivity index (χ4n) is 0.920. The van der Waals surface area contributed by atoms with Gasteiger partial charge in [-0.25, -0.2) is 0 Å². The summed E-state index contributed by atoms with van der Waals surface area (Å²) in [5.41, 5.74) is 1.00. The van der Waals surface area contributed by atoms with Gasteiger partial charge < -0.3 is 5.11 Å². The van der Waals surface area contributed by atoms with E-state index in [1.807, 2.05) is 0 Å². The second-order valence-corrected chi connectivity index (χ2v) is 2.51. The van der Waals surface area contributed by atoms with Crippen molar-refractivity contribution in [2.45, 2.75) is 19.3 Å². The number of aliphatic hydroxyl groups excluding tert-OH is 1. The fraction of sp³-hybridized carbons (Fsp3) is 0.714. The number of hydrogen-bond donors (Lipinski definition) is 1. The molecule has 0 aliphatic rings. The summed E-state index contributed by atoms with van der Waals surface area (Å²) in [6, 6.07) is 0.